The molecule has 0 amide bonds. The third-order valence-corrected chi connectivity index (χ3v) is 7.45. The van der Waals surface area contributed by atoms with Crippen LogP contribution >= 0.6 is 22.6 Å². The van der Waals surface area contributed by atoms with Gasteiger partial charge in [-0.3, -0.25) is 0 Å². The van der Waals surface area contributed by atoms with Crippen molar-refractivity contribution in [2.45, 2.75) is 86.5 Å². The van der Waals surface area contributed by atoms with Gasteiger partial charge in [-0.25, -0.2) is 0 Å². The van der Waals surface area contributed by atoms with E-state index in [4.69, 9.17) is 0 Å². The number of halogens is 1. The van der Waals surface area contributed by atoms with Crippen molar-refractivity contribution in [2.24, 2.45) is 17.8 Å². The molecule has 1 fully saturated rings. The van der Waals surface area contributed by atoms with Crippen molar-refractivity contribution in [3.05, 3.63) is 32.5 Å². The lowest BCUT2D eigenvalue weighted by Gasteiger charge is -2.32. The van der Waals surface area contributed by atoms with E-state index in [1.807, 2.05) is 0 Å². The smallest absolute Gasteiger partial charge is 0.00278 e. The Bertz CT molecular complexity index is 458. The van der Waals surface area contributed by atoms with Crippen LogP contribution in [0.1, 0.15) is 86.5 Å². The lowest BCUT2D eigenvalue weighted by atomic mass is 9.76. The fourth-order valence-electron chi connectivity index (χ4n) is 4.03. The van der Waals surface area contributed by atoms with E-state index < -0.39 is 0 Å². The van der Waals surface area contributed by atoms with Crippen molar-refractivity contribution in [1.29, 1.82) is 0 Å². The molecule has 0 heterocycles. The molecule has 0 aromatic heterocycles. The standard InChI is InChI=1S/C22H37I/c1-8-9-10-17(5)21(15(2)3)19(7)22(23)18(6)20-13-11-16(4)12-14-20/h16,18,20H,2,8-14H2,1,3-7H3/b21-17+,22-19-. The van der Waals surface area contributed by atoms with E-state index >= 15 is 0 Å². The maximum Gasteiger partial charge on any atom is -0.00278 e. The first-order chi connectivity index (χ1) is 10.8. The van der Waals surface area contributed by atoms with E-state index in [0.29, 0.717) is 5.92 Å². The normalized spacial score (nSPS) is 25.5. The predicted octanol–water partition coefficient (Wildman–Crippen LogP) is 8.24. The molecule has 0 saturated heterocycles. The van der Waals surface area contributed by atoms with Crippen molar-refractivity contribution in [2.75, 3.05) is 0 Å². The fraction of sp³-hybridized carbons (Fsp3) is 0.727. The minimum absolute atomic E-state index is 0.691. The molecular weight excluding hydrogens is 391 g/mol. The number of allylic oxidation sites excluding steroid dienone is 5. The number of hydrogen-bond donors (Lipinski definition) is 0. The van der Waals surface area contributed by atoms with Crippen LogP contribution in [-0.4, -0.2) is 0 Å². The number of hydrogen-bond acceptors (Lipinski definition) is 0. The molecule has 1 aliphatic carbocycles. The first-order valence-electron chi connectivity index (χ1n) is 9.51. The molecule has 132 valence electrons. The number of rotatable bonds is 7. The molecule has 0 aromatic rings. The molecule has 0 N–H and O–H groups in total. The molecule has 1 rings (SSSR count). The molecule has 0 bridgehead atoms. The van der Waals surface area contributed by atoms with Gasteiger partial charge in [0.15, 0.2) is 0 Å². The van der Waals surface area contributed by atoms with Crippen LogP contribution in [0, 0.1) is 17.8 Å². The summed E-state index contributed by atoms with van der Waals surface area (Å²) < 4.78 is 1.57. The van der Waals surface area contributed by atoms with Crippen LogP contribution in [-0.2, 0) is 0 Å². The summed E-state index contributed by atoms with van der Waals surface area (Å²) in [6.45, 7) is 18.2. The SMILES string of the molecule is C=C(C)C(/C(C)=C(\I)C(C)C1CCC(C)CC1)=C(/C)CCCC. The monoisotopic (exact) mass is 428 g/mol. The summed E-state index contributed by atoms with van der Waals surface area (Å²) in [4.78, 5) is 0. The Kier molecular flexibility index (Phi) is 9.18. The number of unbranched alkanes of at least 4 members (excludes halogenated alkanes) is 1. The van der Waals surface area contributed by atoms with Crippen molar-refractivity contribution in [3.8, 4) is 0 Å². The van der Waals surface area contributed by atoms with E-state index in [0.717, 1.165) is 11.8 Å². The first kappa shape index (κ1) is 21.0. The molecule has 1 atom stereocenters. The van der Waals surface area contributed by atoms with E-state index in [9.17, 15) is 0 Å². The van der Waals surface area contributed by atoms with Gasteiger partial charge in [0.05, 0.1) is 0 Å². The summed E-state index contributed by atoms with van der Waals surface area (Å²) in [6.07, 6.45) is 9.38. The minimum atomic E-state index is 0.691. The molecule has 0 radical (unpaired) electrons. The highest BCUT2D eigenvalue weighted by molar-refractivity contribution is 14.1. The van der Waals surface area contributed by atoms with Crippen LogP contribution in [0.5, 0.6) is 0 Å². The Morgan fingerprint density at radius 3 is 2.17 bits per heavy atom. The van der Waals surface area contributed by atoms with E-state index in [2.05, 4.69) is 70.7 Å². The van der Waals surface area contributed by atoms with Crippen LogP contribution in [0.2, 0.25) is 0 Å². The Labute approximate surface area is 159 Å². The summed E-state index contributed by atoms with van der Waals surface area (Å²) in [7, 11) is 0. The summed E-state index contributed by atoms with van der Waals surface area (Å²) in [5, 5.41) is 0. The molecule has 0 aromatic carbocycles. The second-order valence-corrected chi connectivity index (χ2v) is 8.98. The summed E-state index contributed by atoms with van der Waals surface area (Å²) in [5.41, 5.74) is 5.68. The average Bonchev–Trinajstić information content (AvgIpc) is 2.51. The lowest BCUT2D eigenvalue weighted by Crippen LogP contribution is -2.19. The molecule has 0 spiro atoms. The highest BCUT2D eigenvalue weighted by atomic mass is 127. The Morgan fingerprint density at radius 1 is 1.13 bits per heavy atom. The van der Waals surface area contributed by atoms with Crippen molar-refractivity contribution < 1.29 is 0 Å². The third-order valence-electron chi connectivity index (χ3n) is 5.66. The van der Waals surface area contributed by atoms with Gasteiger partial charge in [0.25, 0.3) is 0 Å². The molecule has 23 heavy (non-hydrogen) atoms. The average molecular weight is 428 g/mol. The Balaban J connectivity index is 3.01. The van der Waals surface area contributed by atoms with Crippen molar-refractivity contribution in [3.63, 3.8) is 0 Å². The van der Waals surface area contributed by atoms with E-state index in [1.54, 1.807) is 3.58 Å². The van der Waals surface area contributed by atoms with Crippen molar-refractivity contribution in [1.82, 2.24) is 0 Å². The molecule has 1 aliphatic rings. The van der Waals surface area contributed by atoms with Gasteiger partial charge in [0, 0.05) is 0 Å². The van der Waals surface area contributed by atoms with Gasteiger partial charge in [0.2, 0.25) is 0 Å². The van der Waals surface area contributed by atoms with Gasteiger partial charge in [0.1, 0.15) is 0 Å². The van der Waals surface area contributed by atoms with Crippen LogP contribution in [0.15, 0.2) is 32.5 Å². The first-order valence-corrected chi connectivity index (χ1v) is 10.6. The summed E-state index contributed by atoms with van der Waals surface area (Å²) in [6, 6.07) is 0. The van der Waals surface area contributed by atoms with E-state index in [-0.39, 0.29) is 0 Å². The minimum Gasteiger partial charge on any atom is -0.0955 e. The summed E-state index contributed by atoms with van der Waals surface area (Å²) >= 11 is 2.63. The zero-order valence-electron chi connectivity index (χ0n) is 16.3. The van der Waals surface area contributed by atoms with Crippen LogP contribution in [0.25, 0.3) is 0 Å². The van der Waals surface area contributed by atoms with Crippen LogP contribution in [0.4, 0.5) is 0 Å². The second kappa shape index (κ2) is 10.1. The quantitative estimate of drug-likeness (QED) is 0.283. The van der Waals surface area contributed by atoms with Crippen molar-refractivity contribution >= 4 is 22.6 Å². The van der Waals surface area contributed by atoms with Gasteiger partial charge in [-0.15, -0.1) is 0 Å². The molecule has 1 saturated carbocycles. The molecule has 1 heteroatoms. The molecule has 1 unspecified atom stereocenters. The van der Waals surface area contributed by atoms with Crippen LogP contribution in [0.3, 0.4) is 0 Å². The van der Waals surface area contributed by atoms with Gasteiger partial charge >= 0.3 is 0 Å². The fourth-order valence-corrected chi connectivity index (χ4v) is 4.80. The largest absolute Gasteiger partial charge is 0.0955 e. The molecular formula is C22H37I. The van der Waals surface area contributed by atoms with Gasteiger partial charge in [-0.2, -0.15) is 0 Å². The van der Waals surface area contributed by atoms with Crippen LogP contribution < -0.4 is 0 Å². The molecule has 0 aliphatic heterocycles. The summed E-state index contributed by atoms with van der Waals surface area (Å²) in [5.74, 6) is 2.50. The van der Waals surface area contributed by atoms with Gasteiger partial charge in [-0.05, 0) is 102 Å². The zero-order chi connectivity index (χ0) is 17.6. The molecule has 0 nitrogen and oxygen atoms in total. The Hall–Kier alpha value is -0.0500. The highest BCUT2D eigenvalue weighted by Crippen LogP contribution is 2.41. The maximum absolute atomic E-state index is 4.27. The zero-order valence-corrected chi connectivity index (χ0v) is 18.4. The third kappa shape index (κ3) is 6.07. The Morgan fingerprint density at radius 2 is 1.70 bits per heavy atom. The van der Waals surface area contributed by atoms with Gasteiger partial charge in [-0.1, -0.05) is 57.8 Å². The van der Waals surface area contributed by atoms with E-state index in [1.165, 1.54) is 67.2 Å². The highest BCUT2D eigenvalue weighted by Gasteiger charge is 2.26. The predicted molar refractivity (Wildman–Crippen MR) is 114 cm³/mol. The maximum atomic E-state index is 4.27. The second-order valence-electron chi connectivity index (χ2n) is 7.82. The van der Waals surface area contributed by atoms with Gasteiger partial charge < -0.3 is 0 Å². The topological polar surface area (TPSA) is 0 Å². The lowest BCUT2D eigenvalue weighted by molar-refractivity contribution is 0.248.